The van der Waals surface area contributed by atoms with Gasteiger partial charge in [-0.25, -0.2) is 4.70 Å². The molecule has 0 aliphatic carbocycles. The molecule has 2 heteroatoms. The monoisotopic (exact) mass is 568 g/mol. The highest BCUT2D eigenvalue weighted by atomic mass is 15.2. The average Bonchev–Trinajstić information content (AvgIpc) is 3.29. The van der Waals surface area contributed by atoms with E-state index in [2.05, 4.69) is 76.2 Å². The topological polar surface area (TPSA) is 25.3 Å². The lowest BCUT2D eigenvalue weighted by molar-refractivity contribution is -0.345. The molecule has 2 aromatic rings. The van der Waals surface area contributed by atoms with Crippen LogP contribution in [0.15, 0.2) is 59.7 Å². The Balaban J connectivity index is 1.95. The van der Waals surface area contributed by atoms with Gasteiger partial charge in [0.2, 0.25) is 11.4 Å². The molecular weight excluding hydrogens is 508 g/mol. The van der Waals surface area contributed by atoms with Crippen molar-refractivity contribution in [1.29, 1.82) is 0 Å². The zero-order valence-corrected chi connectivity index (χ0v) is 27.7. The Morgan fingerprint density at radius 1 is 0.405 bits per heavy atom. The van der Waals surface area contributed by atoms with Gasteiger partial charge >= 0.3 is 0 Å². The van der Waals surface area contributed by atoms with Crippen LogP contribution in [0.3, 0.4) is 0 Å². The molecular formula is C40H60N2. The van der Waals surface area contributed by atoms with Crippen LogP contribution in [0.5, 0.6) is 0 Å². The minimum atomic E-state index is 1.02. The van der Waals surface area contributed by atoms with Crippen LogP contribution in [0.1, 0.15) is 166 Å². The fraction of sp³-hybridized carbons (Fsp3) is 0.600. The van der Waals surface area contributed by atoms with Crippen molar-refractivity contribution in [2.75, 3.05) is 0 Å². The number of hydrogen-bond acceptors (Lipinski definition) is 0. The van der Waals surface area contributed by atoms with Crippen LogP contribution in [0, 0.1) is 0 Å². The molecule has 2 nitrogen and oxygen atoms in total. The molecule has 1 heterocycles. The molecule has 230 valence electrons. The Morgan fingerprint density at radius 3 is 1.10 bits per heavy atom. The summed E-state index contributed by atoms with van der Waals surface area (Å²) in [5, 5.41) is 0. The van der Waals surface area contributed by atoms with Gasteiger partial charge in [-0.05, 0) is 86.8 Å². The first-order chi connectivity index (χ1) is 20.6. The number of unbranched alkanes of at least 4 members (excludes halogenated alkanes) is 12. The smallest absolute Gasteiger partial charge is 0.211 e. The van der Waals surface area contributed by atoms with Crippen molar-refractivity contribution in [3.05, 3.63) is 87.5 Å². The minimum Gasteiger partial charge on any atom is -0.493 e. The Bertz CT molecular complexity index is 1030. The number of nitrogens with zero attached hydrogens (tertiary/aromatic N) is 2. The highest BCUT2D eigenvalue weighted by Gasteiger charge is 2.35. The van der Waals surface area contributed by atoms with E-state index in [0.29, 0.717) is 0 Å². The predicted molar refractivity (Wildman–Crippen MR) is 184 cm³/mol. The maximum Gasteiger partial charge on any atom is 0.211 e. The third kappa shape index (κ3) is 10.4. The molecule has 3 rings (SSSR count). The van der Waals surface area contributed by atoms with Crippen LogP contribution >= 0.6 is 0 Å². The third-order valence-corrected chi connectivity index (χ3v) is 9.01. The molecule has 0 unspecified atom stereocenters. The van der Waals surface area contributed by atoms with Crippen molar-refractivity contribution >= 4 is 11.4 Å². The first-order valence-electron chi connectivity index (χ1n) is 17.8. The second kappa shape index (κ2) is 19.7. The molecule has 1 aliphatic heterocycles. The summed E-state index contributed by atoms with van der Waals surface area (Å²) in [4.78, 5) is 0. The molecule has 0 amide bonds. The van der Waals surface area contributed by atoms with Gasteiger partial charge in [-0.2, -0.15) is 0 Å². The van der Waals surface area contributed by atoms with E-state index >= 15 is 0 Å². The zero-order valence-electron chi connectivity index (χ0n) is 27.7. The maximum absolute atomic E-state index is 12.0. The molecule has 0 bridgehead atoms. The summed E-state index contributed by atoms with van der Waals surface area (Å²) in [5.41, 5.74) is 21.9. The highest BCUT2D eigenvalue weighted by molar-refractivity contribution is 5.82. The molecule has 0 spiro atoms. The second-order valence-electron chi connectivity index (χ2n) is 12.6. The average molecular weight is 569 g/mol. The van der Waals surface area contributed by atoms with Gasteiger partial charge in [-0.15, -0.1) is 0 Å². The summed E-state index contributed by atoms with van der Waals surface area (Å²) < 4.78 is 1.57. The van der Waals surface area contributed by atoms with Crippen molar-refractivity contribution in [2.45, 2.75) is 156 Å². The molecule has 0 aromatic heterocycles. The standard InChI is InChI=1S/C40H60N2/c1-5-9-13-15-17-19-23-37-38(24-20-18-16-14-10-6-2)40(36-31-27-34(28-32-36)22-12-8-4)42(41)39(37)35-29-25-33(26-30-35)21-11-7-3/h25-32H,5-24H2,1-4H3. The van der Waals surface area contributed by atoms with Gasteiger partial charge in [0.25, 0.3) is 0 Å². The largest absolute Gasteiger partial charge is 0.493 e. The number of rotatable bonds is 22. The summed E-state index contributed by atoms with van der Waals surface area (Å²) in [7, 11) is 0. The summed E-state index contributed by atoms with van der Waals surface area (Å²) >= 11 is 0. The summed E-state index contributed by atoms with van der Waals surface area (Å²) in [6, 6.07) is 18.1. The van der Waals surface area contributed by atoms with E-state index in [1.54, 1.807) is 4.70 Å². The maximum atomic E-state index is 12.0. The summed E-state index contributed by atoms with van der Waals surface area (Å²) in [6.07, 6.45) is 24.7. The lowest BCUT2D eigenvalue weighted by atomic mass is 9.91. The minimum absolute atomic E-state index is 1.02. The van der Waals surface area contributed by atoms with E-state index in [0.717, 1.165) is 48.2 Å². The second-order valence-corrected chi connectivity index (χ2v) is 12.6. The van der Waals surface area contributed by atoms with E-state index in [-0.39, 0.29) is 0 Å². The Morgan fingerprint density at radius 2 is 0.738 bits per heavy atom. The van der Waals surface area contributed by atoms with Gasteiger partial charge in [-0.1, -0.05) is 129 Å². The van der Waals surface area contributed by atoms with Crippen molar-refractivity contribution in [2.24, 2.45) is 0 Å². The molecule has 1 aliphatic rings. The number of hydrogen-bond donors (Lipinski definition) is 0. The third-order valence-electron chi connectivity index (χ3n) is 9.01. The van der Waals surface area contributed by atoms with E-state index in [1.165, 1.54) is 125 Å². The predicted octanol–water partition coefficient (Wildman–Crippen LogP) is 13.0. The fourth-order valence-electron chi connectivity index (χ4n) is 6.37. The van der Waals surface area contributed by atoms with Gasteiger partial charge in [0.1, 0.15) is 0 Å². The van der Waals surface area contributed by atoms with E-state index < -0.39 is 0 Å². The summed E-state index contributed by atoms with van der Waals surface area (Å²) in [5.74, 6) is 0. The number of allylic oxidation sites excluding steroid dienone is 2. The van der Waals surface area contributed by atoms with Gasteiger partial charge in [0.15, 0.2) is 0 Å². The number of benzene rings is 2. The van der Waals surface area contributed by atoms with Crippen LogP contribution in [0.4, 0.5) is 0 Å². The van der Waals surface area contributed by atoms with Crippen LogP contribution < -0.4 is 0 Å². The fourth-order valence-corrected chi connectivity index (χ4v) is 6.37. The first-order valence-corrected chi connectivity index (χ1v) is 17.8. The van der Waals surface area contributed by atoms with Gasteiger partial charge < -0.3 is 5.53 Å². The Labute approximate surface area is 259 Å². The SMILES string of the molecule is CCCCCCCCC1=C(c2ccc(CCCC)cc2)[N+](=[N-])C(c2ccc(CCCC)cc2)=C1CCCCCCCC. The summed E-state index contributed by atoms with van der Waals surface area (Å²) in [6.45, 7) is 9.09. The van der Waals surface area contributed by atoms with Crippen LogP contribution in [-0.2, 0) is 12.8 Å². The highest BCUT2D eigenvalue weighted by Crippen LogP contribution is 2.44. The van der Waals surface area contributed by atoms with Crippen LogP contribution in [0.2, 0.25) is 0 Å². The quantitative estimate of drug-likeness (QED) is 0.0997. The van der Waals surface area contributed by atoms with E-state index in [4.69, 9.17) is 0 Å². The molecule has 42 heavy (non-hydrogen) atoms. The molecule has 0 atom stereocenters. The van der Waals surface area contributed by atoms with Gasteiger partial charge in [0, 0.05) is 22.3 Å². The van der Waals surface area contributed by atoms with Crippen molar-refractivity contribution in [3.8, 4) is 0 Å². The lowest BCUT2D eigenvalue weighted by Gasteiger charge is -2.11. The van der Waals surface area contributed by atoms with Crippen molar-refractivity contribution in [3.63, 3.8) is 0 Å². The van der Waals surface area contributed by atoms with Gasteiger partial charge in [-0.3, -0.25) is 0 Å². The molecule has 0 fully saturated rings. The lowest BCUT2D eigenvalue weighted by Crippen LogP contribution is -2.03. The van der Waals surface area contributed by atoms with Crippen molar-refractivity contribution in [1.82, 2.24) is 0 Å². The van der Waals surface area contributed by atoms with Crippen molar-refractivity contribution < 1.29 is 4.70 Å². The molecule has 0 radical (unpaired) electrons. The zero-order chi connectivity index (χ0) is 30.0. The molecule has 0 saturated carbocycles. The Hall–Kier alpha value is -2.48. The van der Waals surface area contributed by atoms with E-state index in [1.807, 2.05) is 0 Å². The van der Waals surface area contributed by atoms with Crippen LogP contribution in [-0.4, -0.2) is 4.70 Å². The Kier molecular flexibility index (Phi) is 15.9. The normalized spacial score (nSPS) is 13.6. The first kappa shape index (κ1) is 34.0. The van der Waals surface area contributed by atoms with E-state index in [9.17, 15) is 5.53 Å². The molecule has 0 N–H and O–H groups in total. The van der Waals surface area contributed by atoms with Gasteiger partial charge in [0.05, 0.1) is 0 Å². The number of aryl methyl sites for hydroxylation is 2. The molecule has 2 aromatic carbocycles. The molecule has 0 saturated heterocycles. The van der Waals surface area contributed by atoms with Crippen LogP contribution in [0.25, 0.3) is 16.9 Å².